The van der Waals surface area contributed by atoms with E-state index in [9.17, 15) is 9.59 Å². The molecule has 0 aliphatic carbocycles. The minimum absolute atomic E-state index is 0.216. The lowest BCUT2D eigenvalue weighted by Gasteiger charge is -2.09. The van der Waals surface area contributed by atoms with Crippen molar-refractivity contribution in [1.82, 2.24) is 15.1 Å². The molecule has 6 heteroatoms. The van der Waals surface area contributed by atoms with Crippen molar-refractivity contribution in [2.24, 2.45) is 0 Å². The number of carboxylic acid groups (broad SMARTS) is 1. The van der Waals surface area contributed by atoms with Crippen LogP contribution in [0.4, 0.5) is 0 Å². The van der Waals surface area contributed by atoms with E-state index in [0.717, 1.165) is 0 Å². The number of rotatable bonds is 4. The van der Waals surface area contributed by atoms with Crippen LogP contribution in [0.2, 0.25) is 0 Å². The van der Waals surface area contributed by atoms with Crippen LogP contribution in [-0.4, -0.2) is 46.8 Å². The summed E-state index contributed by atoms with van der Waals surface area (Å²) in [6.07, 6.45) is 1.87. The van der Waals surface area contributed by atoms with Crippen LogP contribution in [0, 0.1) is 0 Å². The van der Waals surface area contributed by atoms with E-state index in [4.69, 9.17) is 5.11 Å². The van der Waals surface area contributed by atoms with Gasteiger partial charge in [0.25, 0.3) is 5.56 Å². The second kappa shape index (κ2) is 4.70. The molecule has 0 saturated heterocycles. The molecule has 1 aromatic heterocycles. The quantitative estimate of drug-likeness (QED) is 0.706. The standard InChI is InChI=1S/C9H13N3O3/c1-12(2)4-3-6-5-10-11-8(13)7(6)9(14)15/h5H,3-4H2,1-2H3,(H,11,13)(H,14,15). The van der Waals surface area contributed by atoms with Crippen molar-refractivity contribution in [2.45, 2.75) is 6.42 Å². The number of hydrogen-bond acceptors (Lipinski definition) is 4. The predicted octanol–water partition coefficient (Wildman–Crippen LogP) is -0.428. The molecule has 0 radical (unpaired) electrons. The van der Waals surface area contributed by atoms with E-state index in [1.165, 1.54) is 6.20 Å². The first-order valence-corrected chi connectivity index (χ1v) is 4.47. The van der Waals surface area contributed by atoms with Gasteiger partial charge in [-0.2, -0.15) is 5.10 Å². The van der Waals surface area contributed by atoms with E-state index in [2.05, 4.69) is 10.2 Å². The zero-order valence-corrected chi connectivity index (χ0v) is 8.65. The summed E-state index contributed by atoms with van der Waals surface area (Å²) in [6, 6.07) is 0. The molecule has 0 aliphatic rings. The van der Waals surface area contributed by atoms with Crippen LogP contribution in [0.25, 0.3) is 0 Å². The first kappa shape index (κ1) is 11.4. The fourth-order valence-electron chi connectivity index (χ4n) is 1.20. The third-order valence-electron chi connectivity index (χ3n) is 1.98. The molecular formula is C9H13N3O3. The van der Waals surface area contributed by atoms with Gasteiger partial charge in [0, 0.05) is 6.54 Å². The predicted molar refractivity (Wildman–Crippen MR) is 54.1 cm³/mol. The van der Waals surface area contributed by atoms with Crippen molar-refractivity contribution in [1.29, 1.82) is 0 Å². The van der Waals surface area contributed by atoms with E-state index in [1.54, 1.807) is 0 Å². The summed E-state index contributed by atoms with van der Waals surface area (Å²) in [5.41, 5.74) is -0.412. The lowest BCUT2D eigenvalue weighted by Crippen LogP contribution is -2.24. The van der Waals surface area contributed by atoms with Gasteiger partial charge in [0.15, 0.2) is 0 Å². The summed E-state index contributed by atoms with van der Waals surface area (Å²) in [5.74, 6) is -1.22. The van der Waals surface area contributed by atoms with Gasteiger partial charge < -0.3 is 10.0 Å². The van der Waals surface area contributed by atoms with Gasteiger partial charge in [-0.05, 0) is 26.1 Å². The molecular weight excluding hydrogens is 198 g/mol. The summed E-state index contributed by atoms with van der Waals surface area (Å²) in [7, 11) is 3.75. The zero-order valence-electron chi connectivity index (χ0n) is 8.65. The molecule has 0 bridgehead atoms. The lowest BCUT2D eigenvalue weighted by molar-refractivity contribution is 0.0693. The molecule has 0 aliphatic heterocycles. The molecule has 1 rings (SSSR count). The SMILES string of the molecule is CN(C)CCc1cn[nH]c(=O)c1C(=O)O. The van der Waals surface area contributed by atoms with Gasteiger partial charge in [0.05, 0.1) is 6.20 Å². The normalized spacial score (nSPS) is 10.6. The highest BCUT2D eigenvalue weighted by molar-refractivity contribution is 5.88. The highest BCUT2D eigenvalue weighted by Gasteiger charge is 2.14. The van der Waals surface area contributed by atoms with Gasteiger partial charge in [-0.25, -0.2) is 9.89 Å². The summed E-state index contributed by atoms with van der Waals surface area (Å²) < 4.78 is 0. The molecule has 0 saturated carbocycles. The Kier molecular flexibility index (Phi) is 3.56. The largest absolute Gasteiger partial charge is 0.477 e. The molecule has 2 N–H and O–H groups in total. The van der Waals surface area contributed by atoms with Crippen molar-refractivity contribution in [3.8, 4) is 0 Å². The fraction of sp³-hybridized carbons (Fsp3) is 0.444. The van der Waals surface area contributed by atoms with Crippen LogP contribution in [0.15, 0.2) is 11.0 Å². The highest BCUT2D eigenvalue weighted by atomic mass is 16.4. The maximum absolute atomic E-state index is 11.2. The van der Waals surface area contributed by atoms with Gasteiger partial charge in [-0.3, -0.25) is 4.79 Å². The number of carbonyl (C=O) groups is 1. The van der Waals surface area contributed by atoms with Crippen LogP contribution in [-0.2, 0) is 6.42 Å². The van der Waals surface area contributed by atoms with E-state index in [-0.39, 0.29) is 5.56 Å². The lowest BCUT2D eigenvalue weighted by atomic mass is 10.1. The van der Waals surface area contributed by atoms with Gasteiger partial charge in [0.1, 0.15) is 5.56 Å². The van der Waals surface area contributed by atoms with Crippen LogP contribution in [0.3, 0.4) is 0 Å². The fourth-order valence-corrected chi connectivity index (χ4v) is 1.20. The minimum atomic E-state index is -1.22. The number of aromatic amines is 1. The van der Waals surface area contributed by atoms with Crippen molar-refractivity contribution in [2.75, 3.05) is 20.6 Å². The van der Waals surface area contributed by atoms with Crippen molar-refractivity contribution in [3.05, 3.63) is 27.7 Å². The Labute approximate surface area is 86.5 Å². The summed E-state index contributed by atoms with van der Waals surface area (Å²) in [4.78, 5) is 23.9. The van der Waals surface area contributed by atoms with Crippen LogP contribution in [0.5, 0.6) is 0 Å². The number of hydrogen-bond donors (Lipinski definition) is 2. The Hall–Kier alpha value is -1.69. The molecule has 0 unspecified atom stereocenters. The molecule has 1 aromatic rings. The maximum atomic E-state index is 11.2. The van der Waals surface area contributed by atoms with Gasteiger partial charge in [0.2, 0.25) is 0 Å². The first-order chi connectivity index (χ1) is 7.02. The number of nitrogens with one attached hydrogen (secondary N) is 1. The third-order valence-corrected chi connectivity index (χ3v) is 1.98. The number of aromatic carboxylic acids is 1. The van der Waals surface area contributed by atoms with E-state index >= 15 is 0 Å². The second-order valence-electron chi connectivity index (χ2n) is 3.46. The van der Waals surface area contributed by atoms with E-state index < -0.39 is 11.5 Å². The highest BCUT2D eigenvalue weighted by Crippen LogP contribution is 2.02. The molecule has 82 valence electrons. The van der Waals surface area contributed by atoms with Gasteiger partial charge in [-0.15, -0.1) is 0 Å². The molecule has 0 spiro atoms. The summed E-state index contributed by atoms with van der Waals surface area (Å²) in [5, 5.41) is 14.5. The molecule has 15 heavy (non-hydrogen) atoms. The van der Waals surface area contributed by atoms with Gasteiger partial charge in [-0.1, -0.05) is 0 Å². The molecule has 0 amide bonds. The Morgan fingerprint density at radius 3 is 2.80 bits per heavy atom. The summed E-state index contributed by atoms with van der Waals surface area (Å²) >= 11 is 0. The Morgan fingerprint density at radius 1 is 1.60 bits per heavy atom. The molecule has 0 atom stereocenters. The minimum Gasteiger partial charge on any atom is -0.477 e. The van der Waals surface area contributed by atoms with Crippen molar-refractivity contribution in [3.63, 3.8) is 0 Å². The number of aromatic nitrogens is 2. The Balaban J connectivity index is 3.01. The first-order valence-electron chi connectivity index (χ1n) is 4.47. The number of H-pyrrole nitrogens is 1. The maximum Gasteiger partial charge on any atom is 0.341 e. The number of nitrogens with zero attached hydrogens (tertiary/aromatic N) is 2. The average Bonchev–Trinajstić information content (AvgIpc) is 2.13. The monoisotopic (exact) mass is 211 g/mol. The van der Waals surface area contributed by atoms with E-state index in [0.29, 0.717) is 18.5 Å². The average molecular weight is 211 g/mol. The zero-order chi connectivity index (χ0) is 11.4. The number of likely N-dealkylation sites (N-methyl/N-ethyl adjacent to an activating group) is 1. The van der Waals surface area contributed by atoms with Gasteiger partial charge >= 0.3 is 5.97 Å². The van der Waals surface area contributed by atoms with Crippen LogP contribution in [0.1, 0.15) is 15.9 Å². The van der Waals surface area contributed by atoms with Crippen molar-refractivity contribution >= 4 is 5.97 Å². The second-order valence-corrected chi connectivity index (χ2v) is 3.46. The smallest absolute Gasteiger partial charge is 0.341 e. The molecule has 0 fully saturated rings. The van der Waals surface area contributed by atoms with Crippen LogP contribution >= 0.6 is 0 Å². The van der Waals surface area contributed by atoms with Crippen molar-refractivity contribution < 1.29 is 9.90 Å². The number of carboxylic acids is 1. The molecule has 1 heterocycles. The topological polar surface area (TPSA) is 86.3 Å². The van der Waals surface area contributed by atoms with E-state index in [1.807, 2.05) is 19.0 Å². The molecule has 0 aromatic carbocycles. The Morgan fingerprint density at radius 2 is 2.27 bits per heavy atom. The third kappa shape index (κ3) is 2.88. The molecule has 6 nitrogen and oxygen atoms in total. The van der Waals surface area contributed by atoms with Crippen LogP contribution < -0.4 is 5.56 Å². The Bertz CT molecular complexity index is 411. The summed E-state index contributed by atoms with van der Waals surface area (Å²) in [6.45, 7) is 0.672.